The molecule has 0 unspecified atom stereocenters. The molecule has 2 heteroatoms. The third kappa shape index (κ3) is 2.32. The number of benzene rings is 3. The van der Waals surface area contributed by atoms with Gasteiger partial charge in [-0.25, -0.2) is 0 Å². The van der Waals surface area contributed by atoms with Gasteiger partial charge >= 0.3 is 0 Å². The lowest BCUT2D eigenvalue weighted by atomic mass is 9.89. The number of rotatable bonds is 1. The minimum atomic E-state index is 0.681. The van der Waals surface area contributed by atoms with Crippen molar-refractivity contribution < 1.29 is 9.30 Å². The molecule has 2 heterocycles. The van der Waals surface area contributed by atoms with Crippen LogP contribution in [0.4, 0.5) is 0 Å². The fraction of sp³-hybridized carbons (Fsp3) is 0.296. The number of hydrogen-bond donors (Lipinski definition) is 0. The molecule has 2 aliphatic rings. The predicted molar refractivity (Wildman–Crippen MR) is 119 cm³/mol. The summed E-state index contributed by atoms with van der Waals surface area (Å²) in [4.78, 5) is 0. The van der Waals surface area contributed by atoms with Crippen LogP contribution in [-0.2, 0) is 7.05 Å². The van der Waals surface area contributed by atoms with E-state index in [1.165, 1.54) is 75.3 Å². The van der Waals surface area contributed by atoms with Crippen LogP contribution in [-0.4, -0.2) is 0 Å². The third-order valence-corrected chi connectivity index (χ3v) is 7.22. The van der Waals surface area contributed by atoms with Crippen LogP contribution < -0.4 is 9.30 Å². The second kappa shape index (κ2) is 6.06. The maximum Gasteiger partial charge on any atom is 0.256 e. The van der Waals surface area contributed by atoms with Gasteiger partial charge in [0.15, 0.2) is 5.75 Å². The second-order valence-electron chi connectivity index (χ2n) is 8.83. The Morgan fingerprint density at radius 2 is 1.72 bits per heavy atom. The summed E-state index contributed by atoms with van der Waals surface area (Å²) in [6, 6.07) is 17.8. The first-order valence-corrected chi connectivity index (χ1v) is 10.8. The molecule has 0 bridgehead atoms. The van der Waals surface area contributed by atoms with Gasteiger partial charge in [0.25, 0.3) is 5.69 Å². The van der Waals surface area contributed by atoms with Gasteiger partial charge in [0.05, 0.1) is 10.9 Å². The van der Waals surface area contributed by atoms with Gasteiger partial charge in [-0.05, 0) is 60.7 Å². The Morgan fingerprint density at radius 1 is 0.931 bits per heavy atom. The van der Waals surface area contributed by atoms with Crippen LogP contribution >= 0.6 is 0 Å². The molecule has 144 valence electrons. The summed E-state index contributed by atoms with van der Waals surface area (Å²) in [5, 5.41) is 3.85. The Labute approximate surface area is 171 Å². The smallest absolute Gasteiger partial charge is 0.256 e. The first-order chi connectivity index (χ1) is 14.1. The van der Waals surface area contributed by atoms with E-state index in [2.05, 4.69) is 74.0 Å². The Kier molecular flexibility index (Phi) is 3.56. The number of ether oxygens (including phenoxy) is 1. The van der Waals surface area contributed by atoms with Gasteiger partial charge in [0.1, 0.15) is 12.8 Å². The number of hydrogen-bond acceptors (Lipinski definition) is 1. The van der Waals surface area contributed by atoms with E-state index in [0.717, 1.165) is 11.5 Å². The number of aryl methyl sites for hydroxylation is 2. The standard InChI is InChI=1S/C27H26NO/c1-16-14-19-10-6-13-23-26(19)25(17(16)2)27-24(29-23)15-21-20(18-8-4-5-9-18)11-7-12-22(21)28(27)3/h6-7,10-15,18H,4-5,8-9H2,1-3H3/q+1. The number of nitrogens with zero attached hydrogens (tertiary/aromatic N) is 1. The van der Waals surface area contributed by atoms with E-state index in [0.29, 0.717) is 5.92 Å². The molecular formula is C27H26NO+. The Balaban J connectivity index is 1.72. The van der Waals surface area contributed by atoms with Crippen molar-refractivity contribution in [3.05, 3.63) is 65.2 Å². The lowest BCUT2D eigenvalue weighted by Crippen LogP contribution is -2.34. The minimum absolute atomic E-state index is 0.681. The Morgan fingerprint density at radius 3 is 2.55 bits per heavy atom. The molecule has 0 amide bonds. The monoisotopic (exact) mass is 380 g/mol. The van der Waals surface area contributed by atoms with Crippen molar-refractivity contribution in [1.82, 2.24) is 0 Å². The van der Waals surface area contributed by atoms with Crippen LogP contribution in [0.25, 0.3) is 32.9 Å². The zero-order chi connectivity index (χ0) is 19.7. The van der Waals surface area contributed by atoms with Crippen molar-refractivity contribution in [3.8, 4) is 22.8 Å². The van der Waals surface area contributed by atoms with Crippen LogP contribution in [0, 0.1) is 13.8 Å². The molecule has 1 aromatic heterocycles. The van der Waals surface area contributed by atoms with Crippen LogP contribution in [0.1, 0.15) is 48.3 Å². The summed E-state index contributed by atoms with van der Waals surface area (Å²) in [6.45, 7) is 4.46. The summed E-state index contributed by atoms with van der Waals surface area (Å²) in [6.07, 6.45) is 5.31. The van der Waals surface area contributed by atoms with Gasteiger partial charge in [0, 0.05) is 17.5 Å². The maximum absolute atomic E-state index is 6.53. The van der Waals surface area contributed by atoms with Crippen LogP contribution in [0.3, 0.4) is 0 Å². The van der Waals surface area contributed by atoms with Crippen molar-refractivity contribution in [2.24, 2.45) is 7.05 Å². The highest BCUT2D eigenvalue weighted by Crippen LogP contribution is 2.48. The van der Waals surface area contributed by atoms with Crippen LogP contribution in [0.15, 0.2) is 48.5 Å². The fourth-order valence-electron chi connectivity index (χ4n) is 5.63. The topological polar surface area (TPSA) is 13.1 Å². The Hall–Kier alpha value is -2.87. The van der Waals surface area contributed by atoms with Crippen LogP contribution in [0.2, 0.25) is 0 Å². The molecular weight excluding hydrogens is 354 g/mol. The zero-order valence-electron chi connectivity index (χ0n) is 17.4. The van der Waals surface area contributed by atoms with Crippen LogP contribution in [0.5, 0.6) is 11.5 Å². The van der Waals surface area contributed by atoms with E-state index in [4.69, 9.17) is 4.74 Å². The number of fused-ring (bicyclic) bond motifs is 3. The number of aromatic nitrogens is 1. The summed E-state index contributed by atoms with van der Waals surface area (Å²) >= 11 is 0. The molecule has 1 fully saturated rings. The largest absolute Gasteiger partial charge is 0.450 e. The van der Waals surface area contributed by atoms with Crippen molar-refractivity contribution in [2.45, 2.75) is 45.4 Å². The summed E-state index contributed by atoms with van der Waals surface area (Å²) in [5.41, 5.74) is 7.99. The first kappa shape index (κ1) is 17.0. The van der Waals surface area contributed by atoms with Gasteiger partial charge in [-0.15, -0.1) is 0 Å². The van der Waals surface area contributed by atoms with E-state index >= 15 is 0 Å². The lowest BCUT2D eigenvalue weighted by molar-refractivity contribution is -0.633. The van der Waals surface area contributed by atoms with E-state index < -0.39 is 0 Å². The summed E-state index contributed by atoms with van der Waals surface area (Å²) in [5.74, 6) is 2.64. The second-order valence-corrected chi connectivity index (χ2v) is 8.83. The molecule has 0 spiro atoms. The summed E-state index contributed by atoms with van der Waals surface area (Å²) in [7, 11) is 2.20. The van der Waals surface area contributed by atoms with Gasteiger partial charge in [0.2, 0.25) is 5.52 Å². The average Bonchev–Trinajstić information content (AvgIpc) is 3.25. The van der Waals surface area contributed by atoms with Crippen molar-refractivity contribution in [2.75, 3.05) is 0 Å². The average molecular weight is 381 g/mol. The van der Waals surface area contributed by atoms with Gasteiger partial charge in [-0.3, -0.25) is 0 Å². The normalized spacial score (nSPS) is 15.7. The van der Waals surface area contributed by atoms with Crippen molar-refractivity contribution in [3.63, 3.8) is 0 Å². The van der Waals surface area contributed by atoms with Gasteiger partial charge in [-0.1, -0.05) is 43.2 Å². The lowest BCUT2D eigenvalue weighted by Gasteiger charge is -2.23. The zero-order valence-corrected chi connectivity index (χ0v) is 17.4. The Bertz CT molecular complexity index is 1310. The van der Waals surface area contributed by atoms with Crippen molar-refractivity contribution >= 4 is 21.7 Å². The minimum Gasteiger partial charge on any atom is -0.450 e. The van der Waals surface area contributed by atoms with Crippen molar-refractivity contribution in [1.29, 1.82) is 0 Å². The fourth-order valence-corrected chi connectivity index (χ4v) is 5.63. The molecule has 2 nitrogen and oxygen atoms in total. The molecule has 3 aromatic carbocycles. The molecule has 1 aliphatic carbocycles. The third-order valence-electron chi connectivity index (χ3n) is 7.22. The molecule has 4 aromatic rings. The highest BCUT2D eigenvalue weighted by molar-refractivity contribution is 6.05. The number of pyridine rings is 1. The molecule has 0 N–H and O–H groups in total. The molecule has 0 radical (unpaired) electrons. The highest BCUT2D eigenvalue weighted by Gasteiger charge is 2.32. The molecule has 6 rings (SSSR count). The van der Waals surface area contributed by atoms with E-state index in [-0.39, 0.29) is 0 Å². The van der Waals surface area contributed by atoms with Gasteiger partial charge < -0.3 is 4.74 Å². The SMILES string of the molecule is Cc1cc2cccc3c2c(c1C)-c1c(cc2c(C4CCCC4)cccc2[n+]1C)O3. The molecule has 0 saturated heterocycles. The summed E-state index contributed by atoms with van der Waals surface area (Å²) < 4.78 is 8.89. The molecule has 0 atom stereocenters. The molecule has 29 heavy (non-hydrogen) atoms. The van der Waals surface area contributed by atoms with E-state index in [9.17, 15) is 0 Å². The first-order valence-electron chi connectivity index (χ1n) is 10.8. The van der Waals surface area contributed by atoms with E-state index in [1.54, 1.807) is 0 Å². The maximum atomic E-state index is 6.53. The molecule has 1 saturated carbocycles. The predicted octanol–water partition coefficient (Wildman–Crippen LogP) is 6.86. The quantitative estimate of drug-likeness (QED) is 0.289. The highest BCUT2D eigenvalue weighted by atomic mass is 16.5. The molecule has 1 aliphatic heterocycles. The van der Waals surface area contributed by atoms with E-state index in [1.807, 2.05) is 0 Å². The van der Waals surface area contributed by atoms with Gasteiger partial charge in [-0.2, -0.15) is 4.57 Å².